The van der Waals surface area contributed by atoms with Crippen LogP contribution in [0.1, 0.15) is 17.4 Å². The molecular weight excluding hydrogens is 355 g/mol. The van der Waals surface area contributed by atoms with Gasteiger partial charge in [0, 0.05) is 7.05 Å². The molecule has 0 spiro atoms. The number of carbonyl (C=O) groups excluding carboxylic acids is 1. The Labute approximate surface area is 153 Å². The third-order valence-electron chi connectivity index (χ3n) is 4.06. The molecule has 136 valence electrons. The molecule has 0 aliphatic carbocycles. The van der Waals surface area contributed by atoms with Crippen molar-refractivity contribution < 1.29 is 9.18 Å². The molecule has 0 bridgehead atoms. The molecule has 1 N–H and O–H groups in total. The van der Waals surface area contributed by atoms with E-state index in [1.54, 1.807) is 44.2 Å². The van der Waals surface area contributed by atoms with Crippen LogP contribution >= 0.6 is 11.3 Å². The van der Waals surface area contributed by atoms with Crippen LogP contribution in [0.5, 0.6) is 0 Å². The molecular formula is C18H19FN4O2S. The first-order valence-corrected chi connectivity index (χ1v) is 8.88. The summed E-state index contributed by atoms with van der Waals surface area (Å²) in [4.78, 5) is 35.4. The van der Waals surface area contributed by atoms with Crippen molar-refractivity contribution >= 4 is 27.5 Å². The number of amides is 1. The Morgan fingerprint density at radius 1 is 1.23 bits per heavy atom. The van der Waals surface area contributed by atoms with Crippen LogP contribution in [0.2, 0.25) is 0 Å². The van der Waals surface area contributed by atoms with Gasteiger partial charge in [-0.25, -0.2) is 9.37 Å². The first-order valence-electron chi connectivity index (χ1n) is 8.00. The molecule has 0 fully saturated rings. The molecule has 0 saturated carbocycles. The number of carbonyl (C=O) groups is 1. The molecule has 3 rings (SSSR count). The largest absolute Gasteiger partial charge is 0.337 e. The highest BCUT2D eigenvalue weighted by Crippen LogP contribution is 2.22. The topological polar surface area (TPSA) is 69.3 Å². The van der Waals surface area contributed by atoms with E-state index in [0.717, 1.165) is 0 Å². The molecule has 0 aliphatic heterocycles. The number of thiophene rings is 1. The van der Waals surface area contributed by atoms with Crippen molar-refractivity contribution in [2.45, 2.75) is 12.6 Å². The molecule has 0 radical (unpaired) electrons. The second kappa shape index (κ2) is 7.35. The summed E-state index contributed by atoms with van der Waals surface area (Å²) in [6.45, 7) is 0.172. The quantitative estimate of drug-likeness (QED) is 0.745. The lowest BCUT2D eigenvalue weighted by atomic mass is 10.0. The van der Waals surface area contributed by atoms with Gasteiger partial charge in [0.15, 0.2) is 0 Å². The number of aromatic nitrogens is 2. The molecule has 1 amide bonds. The minimum Gasteiger partial charge on any atom is -0.337 e. The van der Waals surface area contributed by atoms with Crippen LogP contribution in [0.15, 0.2) is 40.5 Å². The number of H-pyrrole nitrogens is 1. The average molecular weight is 374 g/mol. The molecule has 0 aliphatic rings. The van der Waals surface area contributed by atoms with E-state index in [1.807, 2.05) is 5.38 Å². The second-order valence-electron chi connectivity index (χ2n) is 6.26. The molecule has 2 aromatic heterocycles. The molecule has 26 heavy (non-hydrogen) atoms. The van der Waals surface area contributed by atoms with Crippen LogP contribution in [0.25, 0.3) is 10.2 Å². The maximum atomic E-state index is 13.2. The van der Waals surface area contributed by atoms with Crippen molar-refractivity contribution in [1.29, 1.82) is 0 Å². The molecule has 2 heterocycles. The highest BCUT2D eigenvalue weighted by atomic mass is 32.1. The standard InChI is InChI=1S/C18H19FN4O2S/c1-22(2)15(11-4-6-12(19)7-5-11)18(25)23(3)10-14-20-13-8-9-26-16(13)17(24)21-14/h4-9,15H,10H2,1-3H3,(H,20,21,24). The summed E-state index contributed by atoms with van der Waals surface area (Å²) in [5.74, 6) is -0.0964. The second-order valence-corrected chi connectivity index (χ2v) is 7.18. The Hall–Kier alpha value is -2.58. The van der Waals surface area contributed by atoms with Crippen LogP contribution in [-0.2, 0) is 11.3 Å². The van der Waals surface area contributed by atoms with Gasteiger partial charge < -0.3 is 9.88 Å². The van der Waals surface area contributed by atoms with Crippen LogP contribution in [0.4, 0.5) is 4.39 Å². The number of nitrogens with one attached hydrogen (secondary N) is 1. The van der Waals surface area contributed by atoms with E-state index in [2.05, 4.69) is 9.97 Å². The Balaban J connectivity index is 1.84. The van der Waals surface area contributed by atoms with Gasteiger partial charge in [0.25, 0.3) is 5.56 Å². The Morgan fingerprint density at radius 3 is 2.58 bits per heavy atom. The maximum absolute atomic E-state index is 13.2. The lowest BCUT2D eigenvalue weighted by molar-refractivity contribution is -0.135. The molecule has 0 saturated heterocycles. The van der Waals surface area contributed by atoms with Gasteiger partial charge in [-0.1, -0.05) is 12.1 Å². The Morgan fingerprint density at radius 2 is 1.92 bits per heavy atom. The predicted octanol–water partition coefficient (Wildman–Crippen LogP) is 2.39. The van der Waals surface area contributed by atoms with E-state index in [-0.39, 0.29) is 23.8 Å². The minimum atomic E-state index is -0.558. The summed E-state index contributed by atoms with van der Waals surface area (Å²) in [6, 6.07) is 7.09. The number of likely N-dealkylation sites (N-methyl/N-ethyl adjacent to an activating group) is 2. The van der Waals surface area contributed by atoms with E-state index < -0.39 is 6.04 Å². The first kappa shape index (κ1) is 18.2. The van der Waals surface area contributed by atoms with Gasteiger partial charge in [-0.05, 0) is 43.2 Å². The van der Waals surface area contributed by atoms with Gasteiger partial charge in [-0.2, -0.15) is 0 Å². The number of hydrogen-bond donors (Lipinski definition) is 1. The summed E-state index contributed by atoms with van der Waals surface area (Å²) in [7, 11) is 5.23. The van der Waals surface area contributed by atoms with Gasteiger partial charge >= 0.3 is 0 Å². The van der Waals surface area contributed by atoms with E-state index in [9.17, 15) is 14.0 Å². The number of rotatable bonds is 5. The summed E-state index contributed by atoms with van der Waals surface area (Å²) < 4.78 is 13.8. The van der Waals surface area contributed by atoms with E-state index in [1.165, 1.54) is 28.4 Å². The molecule has 1 unspecified atom stereocenters. The molecule has 1 atom stereocenters. The first-order chi connectivity index (χ1) is 12.4. The predicted molar refractivity (Wildman–Crippen MR) is 99.5 cm³/mol. The van der Waals surface area contributed by atoms with E-state index in [4.69, 9.17) is 0 Å². The van der Waals surface area contributed by atoms with Gasteiger partial charge in [-0.3, -0.25) is 14.5 Å². The smallest absolute Gasteiger partial charge is 0.268 e. The Bertz CT molecular complexity index is 981. The molecule has 8 heteroatoms. The fourth-order valence-electron chi connectivity index (χ4n) is 2.81. The number of benzene rings is 1. The number of aromatic amines is 1. The lowest BCUT2D eigenvalue weighted by Gasteiger charge is -2.28. The van der Waals surface area contributed by atoms with Gasteiger partial charge in [-0.15, -0.1) is 11.3 Å². The third kappa shape index (κ3) is 3.66. The van der Waals surface area contributed by atoms with Crippen molar-refractivity contribution in [3.63, 3.8) is 0 Å². The molecule has 6 nitrogen and oxygen atoms in total. The zero-order valence-electron chi connectivity index (χ0n) is 14.7. The molecule has 3 aromatic rings. The summed E-state index contributed by atoms with van der Waals surface area (Å²) in [5.41, 5.74) is 1.11. The highest BCUT2D eigenvalue weighted by Gasteiger charge is 2.26. The number of nitrogens with zero attached hydrogens (tertiary/aromatic N) is 3. The van der Waals surface area contributed by atoms with Crippen molar-refractivity contribution in [1.82, 2.24) is 19.8 Å². The van der Waals surface area contributed by atoms with Crippen molar-refractivity contribution in [2.75, 3.05) is 21.1 Å². The average Bonchev–Trinajstić information content (AvgIpc) is 3.05. The van der Waals surface area contributed by atoms with Gasteiger partial charge in [0.05, 0.1) is 12.1 Å². The van der Waals surface area contributed by atoms with Crippen molar-refractivity contribution in [3.8, 4) is 0 Å². The van der Waals surface area contributed by atoms with E-state index in [0.29, 0.717) is 21.6 Å². The number of fused-ring (bicyclic) bond motifs is 1. The monoisotopic (exact) mass is 374 g/mol. The maximum Gasteiger partial charge on any atom is 0.268 e. The lowest BCUT2D eigenvalue weighted by Crippen LogP contribution is -2.38. The van der Waals surface area contributed by atoms with Crippen molar-refractivity contribution in [2.24, 2.45) is 0 Å². The Kier molecular flexibility index (Phi) is 5.15. The fraction of sp³-hybridized carbons (Fsp3) is 0.278. The zero-order chi connectivity index (χ0) is 18.8. The summed E-state index contributed by atoms with van der Waals surface area (Å²) in [5, 5.41) is 1.81. The highest BCUT2D eigenvalue weighted by molar-refractivity contribution is 7.17. The van der Waals surface area contributed by atoms with Gasteiger partial charge in [0.2, 0.25) is 5.91 Å². The van der Waals surface area contributed by atoms with Gasteiger partial charge in [0.1, 0.15) is 22.4 Å². The van der Waals surface area contributed by atoms with Crippen LogP contribution in [-0.4, -0.2) is 46.8 Å². The molecule has 1 aromatic carbocycles. The van der Waals surface area contributed by atoms with Crippen LogP contribution in [0, 0.1) is 5.82 Å². The third-order valence-corrected chi connectivity index (χ3v) is 4.97. The van der Waals surface area contributed by atoms with E-state index >= 15 is 0 Å². The number of hydrogen-bond acceptors (Lipinski definition) is 5. The fourth-order valence-corrected chi connectivity index (χ4v) is 3.54. The van der Waals surface area contributed by atoms with Crippen molar-refractivity contribution in [3.05, 3.63) is 63.3 Å². The number of halogens is 1. The van der Waals surface area contributed by atoms with Crippen LogP contribution < -0.4 is 5.56 Å². The SMILES string of the molecule is CN(Cc1nc2ccsc2c(=O)[nH]1)C(=O)C(c1ccc(F)cc1)N(C)C. The minimum absolute atomic E-state index is 0.172. The summed E-state index contributed by atoms with van der Waals surface area (Å²) >= 11 is 1.33. The zero-order valence-corrected chi connectivity index (χ0v) is 15.5. The van der Waals surface area contributed by atoms with Crippen LogP contribution in [0.3, 0.4) is 0 Å². The summed E-state index contributed by atoms with van der Waals surface area (Å²) in [6.07, 6.45) is 0. The normalized spacial score (nSPS) is 12.5.